The third kappa shape index (κ3) is 6.14. The van der Waals surface area contributed by atoms with Crippen LogP contribution >= 0.6 is 11.3 Å². The lowest BCUT2D eigenvalue weighted by Gasteiger charge is -2.26. The third-order valence-electron chi connectivity index (χ3n) is 6.12. The molecule has 202 valence electrons. The number of hydrogen-bond acceptors (Lipinski definition) is 9. The molecule has 0 atom stereocenters. The highest BCUT2D eigenvalue weighted by molar-refractivity contribution is 7.89. The van der Waals surface area contributed by atoms with Crippen LogP contribution in [-0.2, 0) is 19.6 Å². The van der Waals surface area contributed by atoms with Gasteiger partial charge in [-0.1, -0.05) is 12.5 Å². The Hall–Kier alpha value is -3.48. The van der Waals surface area contributed by atoms with Crippen molar-refractivity contribution >= 4 is 38.4 Å². The molecule has 3 aromatic rings. The molecule has 0 aliphatic carbocycles. The molecule has 0 spiro atoms. The van der Waals surface area contributed by atoms with E-state index in [9.17, 15) is 18.0 Å². The van der Waals surface area contributed by atoms with E-state index in [0.29, 0.717) is 41.0 Å². The van der Waals surface area contributed by atoms with E-state index in [1.165, 1.54) is 27.8 Å². The van der Waals surface area contributed by atoms with Crippen molar-refractivity contribution in [2.24, 2.45) is 0 Å². The van der Waals surface area contributed by atoms with E-state index in [2.05, 4.69) is 10.3 Å². The zero-order valence-corrected chi connectivity index (χ0v) is 23.0. The van der Waals surface area contributed by atoms with Crippen LogP contribution in [-0.4, -0.2) is 63.5 Å². The topological polar surface area (TPSA) is 124 Å². The Morgan fingerprint density at radius 1 is 1.03 bits per heavy atom. The van der Waals surface area contributed by atoms with E-state index in [-0.39, 0.29) is 10.5 Å². The van der Waals surface area contributed by atoms with Gasteiger partial charge in [-0.2, -0.15) is 4.31 Å². The highest BCUT2D eigenvalue weighted by atomic mass is 32.2. The van der Waals surface area contributed by atoms with Crippen LogP contribution in [0.2, 0.25) is 0 Å². The summed E-state index contributed by atoms with van der Waals surface area (Å²) >= 11 is 1.22. The van der Waals surface area contributed by atoms with Gasteiger partial charge in [-0.15, -0.1) is 11.3 Å². The lowest BCUT2D eigenvalue weighted by molar-refractivity contribution is -0.119. The average molecular weight is 560 g/mol. The van der Waals surface area contributed by atoms with Gasteiger partial charge in [0.2, 0.25) is 10.0 Å². The van der Waals surface area contributed by atoms with Gasteiger partial charge in [-0.3, -0.25) is 10.1 Å². The number of aryl methyl sites for hydroxylation is 1. The molecule has 0 saturated carbocycles. The molecular weight excluding hydrogens is 530 g/mol. The molecule has 1 saturated heterocycles. The highest BCUT2D eigenvalue weighted by Crippen LogP contribution is 2.33. The van der Waals surface area contributed by atoms with Gasteiger partial charge < -0.3 is 14.2 Å². The number of sulfonamides is 1. The lowest BCUT2D eigenvalue weighted by atomic mass is 10.1. The van der Waals surface area contributed by atoms with Crippen LogP contribution in [0.1, 0.15) is 35.2 Å². The second kappa shape index (κ2) is 11.9. The van der Waals surface area contributed by atoms with E-state index in [0.717, 1.165) is 24.8 Å². The standard InChI is InChI=1S/C26H29N3O7S2/c1-17-7-8-19(14-23(17)38(32,33)29-11-5-4-6-12-29)25(31)36-15-24(30)28-26-27-20(16-37-26)18-9-10-21(34-2)22(13-18)35-3/h7-10,13-14,16H,4-6,11-12,15H2,1-3H3,(H,27,28,30). The van der Waals surface area contributed by atoms with Crippen LogP contribution in [0.15, 0.2) is 46.7 Å². The Labute approximate surface area is 225 Å². The second-order valence-electron chi connectivity index (χ2n) is 8.68. The SMILES string of the molecule is COc1ccc(-c2csc(NC(=O)COC(=O)c3ccc(C)c(S(=O)(=O)N4CCCCC4)c3)n2)cc1OC. The molecule has 1 aliphatic heterocycles. The number of carbonyl (C=O) groups excluding carboxylic acids is 2. The minimum Gasteiger partial charge on any atom is -0.493 e. The van der Waals surface area contributed by atoms with E-state index >= 15 is 0 Å². The molecule has 1 aliphatic rings. The van der Waals surface area contributed by atoms with Crippen molar-refractivity contribution in [2.75, 3.05) is 39.2 Å². The largest absolute Gasteiger partial charge is 0.493 e. The summed E-state index contributed by atoms with van der Waals surface area (Å²) < 4.78 is 43.4. The predicted molar refractivity (Wildman–Crippen MR) is 143 cm³/mol. The molecule has 0 unspecified atom stereocenters. The number of benzene rings is 2. The first kappa shape index (κ1) is 27.6. The van der Waals surface area contributed by atoms with Crippen LogP contribution in [0.3, 0.4) is 0 Å². The van der Waals surface area contributed by atoms with Crippen LogP contribution in [0.5, 0.6) is 11.5 Å². The summed E-state index contributed by atoms with van der Waals surface area (Å²) in [6, 6.07) is 9.74. The minimum atomic E-state index is -3.73. The van der Waals surface area contributed by atoms with Gasteiger partial charge in [0.25, 0.3) is 5.91 Å². The first-order chi connectivity index (χ1) is 18.2. The van der Waals surface area contributed by atoms with Crippen LogP contribution in [0.4, 0.5) is 5.13 Å². The van der Waals surface area contributed by atoms with Gasteiger partial charge in [-0.05, 0) is 55.7 Å². The number of hydrogen-bond donors (Lipinski definition) is 1. The van der Waals surface area contributed by atoms with Gasteiger partial charge in [-0.25, -0.2) is 18.2 Å². The minimum absolute atomic E-state index is 0.0592. The Balaban J connectivity index is 1.38. The van der Waals surface area contributed by atoms with Gasteiger partial charge in [0.1, 0.15) is 0 Å². The number of nitrogens with zero attached hydrogens (tertiary/aromatic N) is 2. The van der Waals surface area contributed by atoms with Gasteiger partial charge in [0, 0.05) is 24.0 Å². The molecule has 4 rings (SSSR count). The molecule has 2 aromatic carbocycles. The number of esters is 1. The number of anilines is 1. The molecular formula is C26H29N3O7S2. The number of piperidine rings is 1. The zero-order valence-electron chi connectivity index (χ0n) is 21.4. The fraction of sp³-hybridized carbons (Fsp3) is 0.346. The van der Waals surface area contributed by atoms with Crippen LogP contribution in [0.25, 0.3) is 11.3 Å². The van der Waals surface area contributed by atoms with Crippen molar-refractivity contribution in [1.29, 1.82) is 0 Å². The number of methoxy groups -OCH3 is 2. The van der Waals surface area contributed by atoms with E-state index < -0.39 is 28.5 Å². The molecule has 38 heavy (non-hydrogen) atoms. The number of amides is 1. The van der Waals surface area contributed by atoms with E-state index in [4.69, 9.17) is 14.2 Å². The molecule has 10 nitrogen and oxygen atoms in total. The monoisotopic (exact) mass is 559 g/mol. The Bertz CT molecular complexity index is 1430. The third-order valence-corrected chi connectivity index (χ3v) is 8.92. The maximum Gasteiger partial charge on any atom is 0.338 e. The van der Waals surface area contributed by atoms with Crippen molar-refractivity contribution in [3.8, 4) is 22.8 Å². The zero-order chi connectivity index (χ0) is 27.3. The normalized spacial score (nSPS) is 14.1. The summed E-state index contributed by atoms with van der Waals surface area (Å²) in [6.45, 7) is 2.05. The summed E-state index contributed by atoms with van der Waals surface area (Å²) in [4.78, 5) is 29.5. The van der Waals surface area contributed by atoms with Crippen molar-refractivity contribution in [3.05, 3.63) is 52.9 Å². The quantitative estimate of drug-likeness (QED) is 0.389. The first-order valence-electron chi connectivity index (χ1n) is 12.0. The molecule has 1 fully saturated rings. The molecule has 1 amide bonds. The Morgan fingerprint density at radius 2 is 1.76 bits per heavy atom. The molecule has 0 bridgehead atoms. The van der Waals surface area contributed by atoms with E-state index in [1.807, 2.05) is 6.07 Å². The fourth-order valence-electron chi connectivity index (χ4n) is 4.08. The van der Waals surface area contributed by atoms with Crippen molar-refractivity contribution < 1.29 is 32.2 Å². The number of rotatable bonds is 9. The van der Waals surface area contributed by atoms with Gasteiger partial charge in [0.05, 0.1) is 30.4 Å². The molecule has 12 heteroatoms. The van der Waals surface area contributed by atoms with Gasteiger partial charge in [0.15, 0.2) is 23.2 Å². The van der Waals surface area contributed by atoms with Crippen molar-refractivity contribution in [3.63, 3.8) is 0 Å². The summed E-state index contributed by atoms with van der Waals surface area (Å²) in [7, 11) is -0.631. The molecule has 0 radical (unpaired) electrons. The second-order valence-corrected chi connectivity index (χ2v) is 11.4. The fourth-order valence-corrected chi connectivity index (χ4v) is 6.58. The van der Waals surface area contributed by atoms with Crippen LogP contribution < -0.4 is 14.8 Å². The Kier molecular flexibility index (Phi) is 8.65. The maximum atomic E-state index is 13.1. The van der Waals surface area contributed by atoms with E-state index in [1.54, 1.807) is 44.7 Å². The number of thiazole rings is 1. The Morgan fingerprint density at radius 3 is 2.47 bits per heavy atom. The first-order valence-corrected chi connectivity index (χ1v) is 14.3. The lowest BCUT2D eigenvalue weighted by Crippen LogP contribution is -2.36. The summed E-state index contributed by atoms with van der Waals surface area (Å²) in [5.41, 5.74) is 2.01. The average Bonchev–Trinajstić information content (AvgIpc) is 3.40. The summed E-state index contributed by atoms with van der Waals surface area (Å²) in [6.07, 6.45) is 2.62. The van der Waals surface area contributed by atoms with Crippen LogP contribution in [0, 0.1) is 6.92 Å². The highest BCUT2D eigenvalue weighted by Gasteiger charge is 2.28. The molecule has 2 heterocycles. The smallest absolute Gasteiger partial charge is 0.338 e. The van der Waals surface area contributed by atoms with Crippen molar-refractivity contribution in [1.82, 2.24) is 9.29 Å². The number of ether oxygens (including phenoxy) is 3. The predicted octanol–water partition coefficient (Wildman–Crippen LogP) is 4.11. The summed E-state index contributed by atoms with van der Waals surface area (Å²) in [5, 5.41) is 4.72. The van der Waals surface area contributed by atoms with Crippen molar-refractivity contribution in [2.45, 2.75) is 31.1 Å². The maximum absolute atomic E-state index is 13.1. The van der Waals surface area contributed by atoms with Gasteiger partial charge >= 0.3 is 5.97 Å². The molecule has 1 N–H and O–H groups in total. The summed E-state index contributed by atoms with van der Waals surface area (Å²) in [5.74, 6) is -0.217. The number of carbonyl (C=O) groups is 2. The number of nitrogens with one attached hydrogen (secondary N) is 1. The number of aromatic nitrogens is 1. The molecule has 1 aromatic heterocycles.